The number of phenols is 1. The van der Waals surface area contributed by atoms with Gasteiger partial charge in [-0.25, -0.2) is 0 Å². The summed E-state index contributed by atoms with van der Waals surface area (Å²) in [7, 11) is -0.965. The SMILES string of the molecule is CC/C(=C\c1cc(C)c(O)c(C)c1)CC[C@H]1OB(O)C[C@H]2C1=C(C(C)C)C[C@H]1C(=O)c3ccccc3C(=O)[C@H]12. The normalized spacial score (nSPS) is 25.1. The summed E-state index contributed by atoms with van der Waals surface area (Å²) in [5.41, 5.74) is 7.45. The number of benzene rings is 2. The highest BCUT2D eigenvalue weighted by Gasteiger charge is 2.53. The molecule has 1 heterocycles. The number of aryl methyl sites for hydroxylation is 2. The predicted molar refractivity (Wildman–Crippen MR) is 155 cm³/mol. The third-order valence-electron chi connectivity index (χ3n) is 9.06. The highest BCUT2D eigenvalue weighted by molar-refractivity contribution is 6.43. The van der Waals surface area contributed by atoms with Crippen LogP contribution in [0.5, 0.6) is 5.75 Å². The molecule has 1 saturated heterocycles. The number of carbonyl (C=O) groups excluding carboxylic acids is 2. The zero-order valence-electron chi connectivity index (χ0n) is 23.7. The molecule has 3 aliphatic rings. The van der Waals surface area contributed by atoms with Gasteiger partial charge in [0.25, 0.3) is 0 Å². The number of hydrogen-bond donors (Lipinski definition) is 2. The molecule has 39 heavy (non-hydrogen) atoms. The van der Waals surface area contributed by atoms with Crippen molar-refractivity contribution in [1.82, 2.24) is 0 Å². The molecule has 2 N–H and O–H groups in total. The number of allylic oxidation sites excluding steroid dienone is 2. The van der Waals surface area contributed by atoms with E-state index in [9.17, 15) is 19.7 Å². The molecule has 6 heteroatoms. The van der Waals surface area contributed by atoms with E-state index in [-0.39, 0.29) is 35.4 Å². The molecule has 1 aliphatic heterocycles. The molecule has 2 aromatic carbocycles. The number of carbonyl (C=O) groups is 2. The van der Waals surface area contributed by atoms with Gasteiger partial charge >= 0.3 is 7.12 Å². The van der Waals surface area contributed by atoms with E-state index in [2.05, 4.69) is 26.8 Å². The monoisotopic (exact) mass is 526 g/mol. The van der Waals surface area contributed by atoms with E-state index in [4.69, 9.17) is 4.65 Å². The molecule has 1 fully saturated rings. The molecule has 0 amide bonds. The van der Waals surface area contributed by atoms with Gasteiger partial charge in [-0.1, -0.05) is 62.3 Å². The summed E-state index contributed by atoms with van der Waals surface area (Å²) in [5, 5.41) is 21.0. The topological polar surface area (TPSA) is 83.8 Å². The number of Topliss-reactive ketones (excluding diaryl/α,β-unsaturated/α-hetero) is 2. The minimum absolute atomic E-state index is 0.0283. The standard InChI is InChI=1S/C33H39BO5/c1-6-21(15-22-13-19(4)31(35)20(5)14-22)11-12-28-29-25(18(2)3)16-26-30(27(29)17-34(38)39-28)33(37)24-10-8-7-9-23(24)32(26)36/h7-10,13-15,18,26-28,30,35,38H,6,11-12,16-17H2,1-5H3/b21-15+/t26-,27+,28-,30-/m1/s1. The van der Waals surface area contributed by atoms with Crippen LogP contribution < -0.4 is 0 Å². The van der Waals surface area contributed by atoms with Crippen molar-refractivity contribution in [2.75, 3.05) is 0 Å². The first-order valence-corrected chi connectivity index (χ1v) is 14.3. The summed E-state index contributed by atoms with van der Waals surface area (Å²) >= 11 is 0. The highest BCUT2D eigenvalue weighted by Crippen LogP contribution is 2.52. The predicted octanol–water partition coefficient (Wildman–Crippen LogP) is 6.75. The molecule has 2 aromatic rings. The molecular weight excluding hydrogens is 487 g/mol. The maximum Gasteiger partial charge on any atom is 0.455 e. The van der Waals surface area contributed by atoms with Crippen molar-refractivity contribution in [3.63, 3.8) is 0 Å². The average Bonchev–Trinajstić information content (AvgIpc) is 2.91. The van der Waals surface area contributed by atoms with Crippen LogP contribution in [0.15, 0.2) is 53.1 Å². The zero-order chi connectivity index (χ0) is 28.0. The number of phenolic OH excluding ortho intramolecular Hbond substituents is 1. The zero-order valence-corrected chi connectivity index (χ0v) is 23.7. The molecule has 0 radical (unpaired) electrons. The number of fused-ring (bicyclic) bond motifs is 4. The Kier molecular flexibility index (Phi) is 7.72. The molecule has 5 rings (SSSR count). The van der Waals surface area contributed by atoms with Crippen LogP contribution in [-0.4, -0.2) is 34.9 Å². The van der Waals surface area contributed by atoms with E-state index in [1.165, 1.54) is 11.1 Å². The quantitative estimate of drug-likeness (QED) is 0.322. The summed E-state index contributed by atoms with van der Waals surface area (Å²) in [6.07, 6.45) is 5.17. The van der Waals surface area contributed by atoms with E-state index in [0.29, 0.717) is 36.0 Å². The first kappa shape index (κ1) is 27.6. The largest absolute Gasteiger partial charge is 0.507 e. The lowest BCUT2D eigenvalue weighted by Crippen LogP contribution is -2.51. The fourth-order valence-electron chi connectivity index (χ4n) is 7.13. The number of ketones is 2. The minimum atomic E-state index is -0.965. The Hall–Kier alpha value is -2.96. The average molecular weight is 526 g/mol. The molecular formula is C33H39BO5. The third-order valence-corrected chi connectivity index (χ3v) is 9.06. The molecule has 0 saturated carbocycles. The number of rotatable bonds is 6. The third kappa shape index (κ3) is 5.05. The van der Waals surface area contributed by atoms with Gasteiger partial charge in [0.15, 0.2) is 11.6 Å². The van der Waals surface area contributed by atoms with Crippen molar-refractivity contribution in [3.8, 4) is 5.75 Å². The molecule has 5 nitrogen and oxygen atoms in total. The van der Waals surface area contributed by atoms with Crippen molar-refractivity contribution in [2.24, 2.45) is 23.7 Å². The van der Waals surface area contributed by atoms with Gasteiger partial charge in [-0.15, -0.1) is 0 Å². The Labute approximate surface area is 232 Å². The smallest absolute Gasteiger partial charge is 0.455 e. The summed E-state index contributed by atoms with van der Waals surface area (Å²) in [5.74, 6) is -0.388. The van der Waals surface area contributed by atoms with Crippen molar-refractivity contribution >= 4 is 24.8 Å². The Bertz CT molecular complexity index is 1350. The second-order valence-corrected chi connectivity index (χ2v) is 11.9. The summed E-state index contributed by atoms with van der Waals surface area (Å²) in [6.45, 7) is 10.3. The molecule has 204 valence electrons. The Morgan fingerprint density at radius 3 is 2.33 bits per heavy atom. The van der Waals surface area contributed by atoms with Gasteiger partial charge in [0, 0.05) is 23.0 Å². The maximum absolute atomic E-state index is 13.8. The van der Waals surface area contributed by atoms with Crippen LogP contribution in [0.25, 0.3) is 6.08 Å². The summed E-state index contributed by atoms with van der Waals surface area (Å²) in [4.78, 5) is 27.4. The summed E-state index contributed by atoms with van der Waals surface area (Å²) in [6, 6.07) is 11.2. The van der Waals surface area contributed by atoms with Crippen molar-refractivity contribution in [3.05, 3.63) is 80.9 Å². The van der Waals surface area contributed by atoms with Gasteiger partial charge in [0.1, 0.15) is 5.75 Å². The van der Waals surface area contributed by atoms with Crippen LogP contribution in [0, 0.1) is 37.5 Å². The van der Waals surface area contributed by atoms with Crippen LogP contribution in [0.3, 0.4) is 0 Å². The Morgan fingerprint density at radius 1 is 1.08 bits per heavy atom. The Balaban J connectivity index is 1.47. The number of hydrogen-bond acceptors (Lipinski definition) is 5. The van der Waals surface area contributed by atoms with Crippen LogP contribution in [0.1, 0.15) is 83.9 Å². The van der Waals surface area contributed by atoms with Gasteiger partial charge < -0.3 is 14.8 Å². The number of aromatic hydroxyl groups is 1. The van der Waals surface area contributed by atoms with Gasteiger partial charge in [-0.2, -0.15) is 0 Å². The first-order valence-electron chi connectivity index (χ1n) is 14.3. The van der Waals surface area contributed by atoms with Crippen LogP contribution in [0.2, 0.25) is 6.32 Å². The maximum atomic E-state index is 13.8. The molecule has 2 aliphatic carbocycles. The van der Waals surface area contributed by atoms with Crippen LogP contribution in [-0.2, 0) is 4.65 Å². The van der Waals surface area contributed by atoms with E-state index >= 15 is 0 Å². The van der Waals surface area contributed by atoms with Crippen molar-refractivity contribution in [2.45, 2.75) is 72.7 Å². The van der Waals surface area contributed by atoms with Crippen molar-refractivity contribution < 1.29 is 24.4 Å². The molecule has 0 spiro atoms. The van der Waals surface area contributed by atoms with E-state index in [1.807, 2.05) is 38.1 Å². The summed E-state index contributed by atoms with van der Waals surface area (Å²) < 4.78 is 6.19. The molecule has 0 aromatic heterocycles. The van der Waals surface area contributed by atoms with Gasteiger partial charge in [0.2, 0.25) is 0 Å². The van der Waals surface area contributed by atoms with Gasteiger partial charge in [-0.05, 0) is 92.1 Å². The van der Waals surface area contributed by atoms with E-state index in [1.54, 1.807) is 12.1 Å². The van der Waals surface area contributed by atoms with Crippen LogP contribution >= 0.6 is 0 Å². The second kappa shape index (κ2) is 10.9. The lowest BCUT2D eigenvalue weighted by atomic mass is 9.53. The van der Waals surface area contributed by atoms with E-state index in [0.717, 1.165) is 35.1 Å². The van der Waals surface area contributed by atoms with Crippen molar-refractivity contribution in [1.29, 1.82) is 0 Å². The fraction of sp³-hybridized carbons (Fsp3) is 0.455. The lowest BCUT2D eigenvalue weighted by Gasteiger charge is -2.48. The first-order chi connectivity index (χ1) is 18.6. The Morgan fingerprint density at radius 2 is 1.72 bits per heavy atom. The highest BCUT2D eigenvalue weighted by atomic mass is 16.5. The van der Waals surface area contributed by atoms with E-state index < -0.39 is 13.0 Å². The second-order valence-electron chi connectivity index (χ2n) is 11.9. The molecule has 0 bridgehead atoms. The van der Waals surface area contributed by atoms with Gasteiger partial charge in [0.05, 0.1) is 6.10 Å². The van der Waals surface area contributed by atoms with Gasteiger partial charge in [-0.3, -0.25) is 9.59 Å². The van der Waals surface area contributed by atoms with Crippen LogP contribution in [0.4, 0.5) is 0 Å². The molecule has 4 atom stereocenters. The fourth-order valence-corrected chi connectivity index (χ4v) is 7.13. The minimum Gasteiger partial charge on any atom is -0.507 e. The molecule has 0 unspecified atom stereocenters. The lowest BCUT2D eigenvalue weighted by molar-refractivity contribution is 0.0593.